The van der Waals surface area contributed by atoms with Crippen molar-refractivity contribution in [1.29, 1.82) is 0 Å². The molecule has 2 atom stereocenters. The third kappa shape index (κ3) is 7.55. The summed E-state index contributed by atoms with van der Waals surface area (Å²) in [6, 6.07) is 9.30. The molecule has 6 heteroatoms. The zero-order valence-corrected chi connectivity index (χ0v) is 16.8. The standard InChI is InChI=1S/C22H29NO5/c1-22(2,3)28-20(25)14-17-12-8-5-9-13-19(24)27-18(15-23-21(17)26)16-10-6-4-7-11-16/h4-8,10-11,17-18H,9,12-15H2,1-3H3,(H,23,26)/b8-5+/t17-,18+/m0/s1. The minimum Gasteiger partial charge on any atom is -0.460 e. The van der Waals surface area contributed by atoms with Gasteiger partial charge in [0.05, 0.1) is 18.9 Å². The molecule has 1 amide bonds. The van der Waals surface area contributed by atoms with Crippen molar-refractivity contribution in [1.82, 2.24) is 5.32 Å². The summed E-state index contributed by atoms with van der Waals surface area (Å²) in [5, 5.41) is 2.83. The number of allylic oxidation sites excluding steroid dienone is 2. The van der Waals surface area contributed by atoms with Crippen molar-refractivity contribution in [2.45, 2.75) is 58.2 Å². The number of amides is 1. The third-order valence-corrected chi connectivity index (χ3v) is 4.21. The molecule has 1 aromatic carbocycles. The highest BCUT2D eigenvalue weighted by Gasteiger charge is 2.26. The number of hydrogen-bond donors (Lipinski definition) is 1. The maximum Gasteiger partial charge on any atom is 0.307 e. The Morgan fingerprint density at radius 1 is 1.18 bits per heavy atom. The number of nitrogens with one attached hydrogen (secondary N) is 1. The lowest BCUT2D eigenvalue weighted by molar-refractivity contribution is -0.157. The summed E-state index contributed by atoms with van der Waals surface area (Å²) >= 11 is 0. The van der Waals surface area contributed by atoms with E-state index in [1.807, 2.05) is 42.5 Å². The Kier molecular flexibility index (Phi) is 7.79. The van der Waals surface area contributed by atoms with Crippen molar-refractivity contribution < 1.29 is 23.9 Å². The molecule has 152 valence electrons. The number of esters is 2. The molecule has 0 saturated carbocycles. The van der Waals surface area contributed by atoms with Crippen LogP contribution >= 0.6 is 0 Å². The topological polar surface area (TPSA) is 81.7 Å². The van der Waals surface area contributed by atoms with Crippen LogP contribution in [0.15, 0.2) is 42.5 Å². The number of hydrogen-bond acceptors (Lipinski definition) is 5. The van der Waals surface area contributed by atoms with Crippen LogP contribution in [0, 0.1) is 5.92 Å². The summed E-state index contributed by atoms with van der Waals surface area (Å²) in [7, 11) is 0. The molecule has 1 N–H and O–H groups in total. The minimum atomic E-state index is -0.596. The molecule has 0 aliphatic carbocycles. The molecular weight excluding hydrogens is 358 g/mol. The van der Waals surface area contributed by atoms with E-state index in [1.165, 1.54) is 0 Å². The maximum absolute atomic E-state index is 12.7. The highest BCUT2D eigenvalue weighted by atomic mass is 16.6. The molecule has 0 spiro atoms. The van der Waals surface area contributed by atoms with Gasteiger partial charge in [0.1, 0.15) is 11.7 Å². The van der Waals surface area contributed by atoms with Crippen LogP contribution in [-0.4, -0.2) is 30.0 Å². The molecule has 1 aliphatic rings. The third-order valence-electron chi connectivity index (χ3n) is 4.21. The Morgan fingerprint density at radius 3 is 2.57 bits per heavy atom. The Labute approximate surface area is 166 Å². The molecule has 0 unspecified atom stereocenters. The summed E-state index contributed by atoms with van der Waals surface area (Å²) in [4.78, 5) is 37.0. The maximum atomic E-state index is 12.7. The van der Waals surface area contributed by atoms with Gasteiger partial charge < -0.3 is 14.8 Å². The van der Waals surface area contributed by atoms with Gasteiger partial charge in [0.2, 0.25) is 5.91 Å². The lowest BCUT2D eigenvalue weighted by Gasteiger charge is -2.23. The first-order chi connectivity index (χ1) is 13.2. The first-order valence-electron chi connectivity index (χ1n) is 9.63. The van der Waals surface area contributed by atoms with Crippen molar-refractivity contribution in [3.63, 3.8) is 0 Å². The Bertz CT molecular complexity index is 705. The number of rotatable bonds is 3. The summed E-state index contributed by atoms with van der Waals surface area (Å²) in [6.07, 6.45) is 4.32. The van der Waals surface area contributed by atoms with Gasteiger partial charge >= 0.3 is 11.9 Å². The smallest absolute Gasteiger partial charge is 0.307 e. The van der Waals surface area contributed by atoms with Crippen molar-refractivity contribution in [3.8, 4) is 0 Å². The van der Waals surface area contributed by atoms with E-state index in [0.29, 0.717) is 12.8 Å². The first kappa shape index (κ1) is 21.7. The highest BCUT2D eigenvalue weighted by molar-refractivity contribution is 5.84. The lowest BCUT2D eigenvalue weighted by Crippen LogP contribution is -2.37. The van der Waals surface area contributed by atoms with E-state index in [4.69, 9.17) is 9.47 Å². The van der Waals surface area contributed by atoms with E-state index in [2.05, 4.69) is 5.32 Å². The van der Waals surface area contributed by atoms with Gasteiger partial charge in [0, 0.05) is 6.42 Å². The monoisotopic (exact) mass is 387 g/mol. The molecule has 1 heterocycles. The van der Waals surface area contributed by atoms with Crippen LogP contribution in [0.25, 0.3) is 0 Å². The first-order valence-corrected chi connectivity index (χ1v) is 9.63. The van der Waals surface area contributed by atoms with Gasteiger partial charge in [-0.2, -0.15) is 0 Å². The molecule has 6 nitrogen and oxygen atoms in total. The molecule has 0 fully saturated rings. The molecule has 1 aliphatic heterocycles. The van der Waals surface area contributed by atoms with Crippen LogP contribution in [0.5, 0.6) is 0 Å². The molecule has 0 bridgehead atoms. The van der Waals surface area contributed by atoms with Gasteiger partial charge in [-0.3, -0.25) is 14.4 Å². The number of benzene rings is 1. The van der Waals surface area contributed by atoms with Crippen molar-refractivity contribution in [3.05, 3.63) is 48.0 Å². The van der Waals surface area contributed by atoms with E-state index < -0.39 is 23.6 Å². The van der Waals surface area contributed by atoms with Gasteiger partial charge in [0.25, 0.3) is 0 Å². The van der Waals surface area contributed by atoms with E-state index in [0.717, 1.165) is 5.56 Å². The number of cyclic esters (lactones) is 1. The van der Waals surface area contributed by atoms with E-state index in [-0.39, 0.29) is 31.3 Å². The van der Waals surface area contributed by atoms with Crippen LogP contribution in [0.4, 0.5) is 0 Å². The van der Waals surface area contributed by atoms with E-state index in [1.54, 1.807) is 20.8 Å². The van der Waals surface area contributed by atoms with E-state index in [9.17, 15) is 14.4 Å². The van der Waals surface area contributed by atoms with Crippen molar-refractivity contribution >= 4 is 17.8 Å². The summed E-state index contributed by atoms with van der Waals surface area (Å²) in [5.41, 5.74) is 0.217. The lowest BCUT2D eigenvalue weighted by atomic mass is 9.99. The fraction of sp³-hybridized carbons (Fsp3) is 0.500. The summed E-state index contributed by atoms with van der Waals surface area (Å²) in [6.45, 7) is 5.54. The van der Waals surface area contributed by atoms with Gasteiger partial charge in [-0.25, -0.2) is 0 Å². The van der Waals surface area contributed by atoms with Crippen LogP contribution in [0.3, 0.4) is 0 Å². The Hall–Kier alpha value is -2.63. The van der Waals surface area contributed by atoms with Gasteiger partial charge in [-0.15, -0.1) is 0 Å². The molecule has 28 heavy (non-hydrogen) atoms. The average molecular weight is 387 g/mol. The molecule has 2 rings (SSSR count). The highest BCUT2D eigenvalue weighted by Crippen LogP contribution is 2.20. The zero-order valence-electron chi connectivity index (χ0n) is 16.8. The van der Waals surface area contributed by atoms with Crippen LogP contribution in [0.2, 0.25) is 0 Å². The quantitative estimate of drug-likeness (QED) is 0.634. The van der Waals surface area contributed by atoms with Gasteiger partial charge in [-0.1, -0.05) is 42.5 Å². The second kappa shape index (κ2) is 10.1. The largest absolute Gasteiger partial charge is 0.460 e. The predicted octanol–water partition coefficient (Wildman–Crippen LogP) is 3.48. The van der Waals surface area contributed by atoms with Gasteiger partial charge in [0.15, 0.2) is 0 Å². The second-order valence-corrected chi connectivity index (χ2v) is 7.87. The van der Waals surface area contributed by atoms with Gasteiger partial charge in [-0.05, 0) is 39.2 Å². The summed E-state index contributed by atoms with van der Waals surface area (Å²) in [5.74, 6) is -1.50. The van der Waals surface area contributed by atoms with Crippen molar-refractivity contribution in [2.75, 3.05) is 6.54 Å². The predicted molar refractivity (Wildman–Crippen MR) is 105 cm³/mol. The summed E-state index contributed by atoms with van der Waals surface area (Å²) < 4.78 is 10.9. The number of carbonyl (C=O) groups is 3. The molecule has 0 aromatic heterocycles. The average Bonchev–Trinajstić information content (AvgIpc) is 2.62. The molecule has 1 aromatic rings. The van der Waals surface area contributed by atoms with Crippen LogP contribution in [0.1, 0.15) is 58.1 Å². The van der Waals surface area contributed by atoms with Crippen LogP contribution < -0.4 is 5.32 Å². The fourth-order valence-electron chi connectivity index (χ4n) is 2.90. The Balaban J connectivity index is 2.11. The molecule has 0 saturated heterocycles. The van der Waals surface area contributed by atoms with E-state index >= 15 is 0 Å². The fourth-order valence-corrected chi connectivity index (χ4v) is 2.90. The number of ether oxygens (including phenoxy) is 2. The van der Waals surface area contributed by atoms with Crippen molar-refractivity contribution in [2.24, 2.45) is 5.92 Å². The minimum absolute atomic E-state index is 0.00321. The Morgan fingerprint density at radius 2 is 1.89 bits per heavy atom. The molecular formula is C22H29NO5. The number of carbonyl (C=O) groups excluding carboxylic acids is 3. The SMILES string of the molecule is CC(C)(C)OC(=O)C[C@@H]1C/C=C/CCC(=O)O[C@@H](c2ccccc2)CNC1=O. The second-order valence-electron chi connectivity index (χ2n) is 7.87. The normalized spacial score (nSPS) is 22.8. The van der Waals surface area contributed by atoms with Crippen LogP contribution in [-0.2, 0) is 23.9 Å². The molecule has 0 radical (unpaired) electrons. The zero-order chi connectivity index (χ0) is 20.6.